The van der Waals surface area contributed by atoms with Gasteiger partial charge >= 0.3 is 0 Å². The zero-order valence-electron chi connectivity index (χ0n) is 8.30. The Kier molecular flexibility index (Phi) is 3.94. The van der Waals surface area contributed by atoms with Crippen LogP contribution < -0.4 is 0 Å². The highest BCUT2D eigenvalue weighted by Gasteiger charge is 2.05. The molecule has 0 radical (unpaired) electrons. The molecule has 0 aromatic heterocycles. The van der Waals surface area contributed by atoms with Gasteiger partial charge in [0, 0.05) is 17.5 Å². The van der Waals surface area contributed by atoms with Crippen LogP contribution >= 0.6 is 15.9 Å². The van der Waals surface area contributed by atoms with Crippen molar-refractivity contribution < 1.29 is 4.74 Å². The molecule has 1 unspecified atom stereocenters. The molecular weight excluding hydrogens is 228 g/mol. The lowest BCUT2D eigenvalue weighted by Gasteiger charge is -2.11. The number of aryl methyl sites for hydroxylation is 1. The fourth-order valence-corrected chi connectivity index (χ4v) is 2.02. The standard InChI is InChI=1S/C11H15BrO/c1-8-4-10(6-11(12)5-8)9(2)7-13-3/h4-6,9H,7H2,1-3H3. The molecule has 1 atom stereocenters. The summed E-state index contributed by atoms with van der Waals surface area (Å²) < 4.78 is 6.27. The Bertz CT molecular complexity index is 263. The zero-order valence-corrected chi connectivity index (χ0v) is 9.89. The van der Waals surface area contributed by atoms with Crippen LogP contribution in [0.15, 0.2) is 22.7 Å². The highest BCUT2D eigenvalue weighted by atomic mass is 79.9. The normalized spacial score (nSPS) is 12.9. The van der Waals surface area contributed by atoms with Gasteiger partial charge in [0.15, 0.2) is 0 Å². The maximum Gasteiger partial charge on any atom is 0.0528 e. The van der Waals surface area contributed by atoms with Gasteiger partial charge in [-0.3, -0.25) is 0 Å². The molecule has 13 heavy (non-hydrogen) atoms. The largest absolute Gasteiger partial charge is 0.384 e. The topological polar surface area (TPSA) is 9.23 Å². The van der Waals surface area contributed by atoms with Crippen molar-refractivity contribution in [3.05, 3.63) is 33.8 Å². The lowest BCUT2D eigenvalue weighted by molar-refractivity contribution is 0.184. The van der Waals surface area contributed by atoms with E-state index >= 15 is 0 Å². The summed E-state index contributed by atoms with van der Waals surface area (Å²) in [5.74, 6) is 0.459. The van der Waals surface area contributed by atoms with Gasteiger partial charge in [0.1, 0.15) is 0 Å². The van der Waals surface area contributed by atoms with Gasteiger partial charge in [0.2, 0.25) is 0 Å². The Hall–Kier alpha value is -0.340. The number of rotatable bonds is 3. The van der Waals surface area contributed by atoms with Crippen molar-refractivity contribution in [3.63, 3.8) is 0 Å². The third-order valence-corrected chi connectivity index (χ3v) is 2.51. The first kappa shape index (κ1) is 10.7. The Balaban J connectivity index is 2.87. The predicted molar refractivity (Wildman–Crippen MR) is 59.2 cm³/mol. The van der Waals surface area contributed by atoms with Crippen LogP contribution in [0, 0.1) is 6.92 Å². The van der Waals surface area contributed by atoms with Crippen LogP contribution in [0.3, 0.4) is 0 Å². The van der Waals surface area contributed by atoms with Crippen molar-refractivity contribution >= 4 is 15.9 Å². The second kappa shape index (κ2) is 4.77. The van der Waals surface area contributed by atoms with Crippen LogP contribution in [0.2, 0.25) is 0 Å². The van der Waals surface area contributed by atoms with Gasteiger partial charge in [-0.25, -0.2) is 0 Å². The van der Waals surface area contributed by atoms with Crippen LogP contribution in [0.1, 0.15) is 24.0 Å². The minimum absolute atomic E-state index is 0.459. The quantitative estimate of drug-likeness (QED) is 0.789. The summed E-state index contributed by atoms with van der Waals surface area (Å²) in [6, 6.07) is 6.47. The molecule has 0 aliphatic rings. The first-order valence-electron chi connectivity index (χ1n) is 4.39. The van der Waals surface area contributed by atoms with Gasteiger partial charge < -0.3 is 4.74 Å². The van der Waals surface area contributed by atoms with Crippen molar-refractivity contribution in [3.8, 4) is 0 Å². The Labute approximate surface area is 88.2 Å². The molecule has 0 aliphatic heterocycles. The minimum atomic E-state index is 0.459. The van der Waals surface area contributed by atoms with E-state index in [0.717, 1.165) is 11.1 Å². The van der Waals surface area contributed by atoms with Crippen molar-refractivity contribution in [1.82, 2.24) is 0 Å². The summed E-state index contributed by atoms with van der Waals surface area (Å²) in [4.78, 5) is 0. The number of methoxy groups -OCH3 is 1. The predicted octanol–water partition coefficient (Wildman–Crippen LogP) is 3.51. The number of hydrogen-bond acceptors (Lipinski definition) is 1. The van der Waals surface area contributed by atoms with E-state index in [1.165, 1.54) is 11.1 Å². The maximum atomic E-state index is 5.12. The molecule has 0 aliphatic carbocycles. The minimum Gasteiger partial charge on any atom is -0.384 e. The van der Waals surface area contributed by atoms with Crippen molar-refractivity contribution in [2.75, 3.05) is 13.7 Å². The highest BCUT2D eigenvalue weighted by molar-refractivity contribution is 9.10. The molecule has 72 valence electrons. The average Bonchev–Trinajstić information content (AvgIpc) is 2.03. The first-order chi connectivity index (χ1) is 6.13. The first-order valence-corrected chi connectivity index (χ1v) is 5.19. The molecule has 0 bridgehead atoms. The van der Waals surface area contributed by atoms with E-state index in [0.29, 0.717) is 5.92 Å². The van der Waals surface area contributed by atoms with Gasteiger partial charge in [0.05, 0.1) is 6.61 Å². The van der Waals surface area contributed by atoms with Crippen LogP contribution in [0.5, 0.6) is 0 Å². The molecule has 1 rings (SSSR count). The summed E-state index contributed by atoms with van der Waals surface area (Å²) in [5, 5.41) is 0. The number of ether oxygens (including phenoxy) is 1. The Morgan fingerprint density at radius 1 is 1.38 bits per heavy atom. The van der Waals surface area contributed by atoms with Crippen molar-refractivity contribution in [1.29, 1.82) is 0 Å². The number of benzene rings is 1. The second-order valence-corrected chi connectivity index (χ2v) is 4.33. The van der Waals surface area contributed by atoms with E-state index in [9.17, 15) is 0 Å². The molecule has 1 nitrogen and oxygen atoms in total. The average molecular weight is 243 g/mol. The molecule has 1 aromatic carbocycles. The van der Waals surface area contributed by atoms with E-state index in [1.807, 2.05) is 0 Å². The van der Waals surface area contributed by atoms with E-state index in [1.54, 1.807) is 7.11 Å². The number of halogens is 1. The van der Waals surface area contributed by atoms with Crippen LogP contribution in [-0.4, -0.2) is 13.7 Å². The molecule has 1 aromatic rings. The molecule has 2 heteroatoms. The van der Waals surface area contributed by atoms with Crippen LogP contribution in [0.4, 0.5) is 0 Å². The van der Waals surface area contributed by atoms with Gasteiger partial charge in [0.25, 0.3) is 0 Å². The van der Waals surface area contributed by atoms with Crippen LogP contribution in [-0.2, 0) is 4.74 Å². The second-order valence-electron chi connectivity index (χ2n) is 3.42. The van der Waals surface area contributed by atoms with Gasteiger partial charge in [-0.05, 0) is 30.2 Å². The SMILES string of the molecule is COCC(C)c1cc(C)cc(Br)c1. The van der Waals surface area contributed by atoms with E-state index in [-0.39, 0.29) is 0 Å². The molecule has 0 spiro atoms. The fourth-order valence-electron chi connectivity index (χ4n) is 1.40. The van der Waals surface area contributed by atoms with E-state index < -0.39 is 0 Å². The summed E-state index contributed by atoms with van der Waals surface area (Å²) in [6.45, 7) is 5.05. The van der Waals surface area contributed by atoms with Gasteiger partial charge in [-0.1, -0.05) is 28.9 Å². The van der Waals surface area contributed by atoms with E-state index in [2.05, 4.69) is 48.0 Å². The maximum absolute atomic E-state index is 5.12. The van der Waals surface area contributed by atoms with Gasteiger partial charge in [-0.15, -0.1) is 0 Å². The molecule has 0 saturated heterocycles. The third-order valence-electron chi connectivity index (χ3n) is 2.05. The lowest BCUT2D eigenvalue weighted by atomic mass is 10.0. The summed E-state index contributed by atoms with van der Waals surface area (Å²) in [5.41, 5.74) is 2.61. The van der Waals surface area contributed by atoms with Crippen molar-refractivity contribution in [2.24, 2.45) is 0 Å². The Morgan fingerprint density at radius 3 is 2.62 bits per heavy atom. The molecule has 0 heterocycles. The highest BCUT2D eigenvalue weighted by Crippen LogP contribution is 2.21. The van der Waals surface area contributed by atoms with Crippen molar-refractivity contribution in [2.45, 2.75) is 19.8 Å². The lowest BCUT2D eigenvalue weighted by Crippen LogP contribution is -2.01. The Morgan fingerprint density at radius 2 is 2.08 bits per heavy atom. The molecule has 0 fully saturated rings. The smallest absolute Gasteiger partial charge is 0.0528 e. The summed E-state index contributed by atoms with van der Waals surface area (Å²) in [7, 11) is 1.74. The molecular formula is C11H15BrO. The van der Waals surface area contributed by atoms with Gasteiger partial charge in [-0.2, -0.15) is 0 Å². The van der Waals surface area contributed by atoms with Crippen LogP contribution in [0.25, 0.3) is 0 Å². The fraction of sp³-hybridized carbons (Fsp3) is 0.455. The summed E-state index contributed by atoms with van der Waals surface area (Å²) >= 11 is 3.49. The van der Waals surface area contributed by atoms with E-state index in [4.69, 9.17) is 4.74 Å². The summed E-state index contributed by atoms with van der Waals surface area (Å²) in [6.07, 6.45) is 0. The number of hydrogen-bond donors (Lipinski definition) is 0. The zero-order chi connectivity index (χ0) is 9.84. The molecule has 0 N–H and O–H groups in total. The monoisotopic (exact) mass is 242 g/mol. The third kappa shape index (κ3) is 3.12. The molecule has 0 saturated carbocycles. The molecule has 0 amide bonds.